The fraction of sp³-hybridized carbons (Fsp3) is 0.500. The number of hydrogen-bond donors (Lipinski definition) is 1. The molecule has 17 heavy (non-hydrogen) atoms. The van der Waals surface area contributed by atoms with Gasteiger partial charge in [-0.2, -0.15) is 0 Å². The Hall–Kier alpha value is -1.51. The van der Waals surface area contributed by atoms with Gasteiger partial charge in [0.05, 0.1) is 0 Å². The Kier molecular flexibility index (Phi) is 3.67. The molecule has 0 spiro atoms. The number of amides is 1. The quantitative estimate of drug-likeness (QED) is 0.843. The molecule has 1 amide bonds. The first-order valence-electron chi connectivity index (χ1n) is 6.20. The maximum Gasteiger partial charge on any atom is 0.411 e. The number of benzene rings is 1. The smallest absolute Gasteiger partial charge is 0.411 e. The van der Waals surface area contributed by atoms with Crippen LogP contribution in [0.1, 0.15) is 36.8 Å². The van der Waals surface area contributed by atoms with Crippen molar-refractivity contribution < 1.29 is 9.53 Å². The molecule has 1 fully saturated rings. The summed E-state index contributed by atoms with van der Waals surface area (Å²) in [5.41, 5.74) is 3.03. The lowest BCUT2D eigenvalue weighted by molar-refractivity contribution is 0.114. The molecule has 0 saturated heterocycles. The molecule has 0 bridgehead atoms. The van der Waals surface area contributed by atoms with E-state index in [1.807, 2.05) is 32.0 Å². The van der Waals surface area contributed by atoms with Gasteiger partial charge in [0.1, 0.15) is 6.10 Å². The summed E-state index contributed by atoms with van der Waals surface area (Å²) in [4.78, 5) is 11.7. The van der Waals surface area contributed by atoms with Gasteiger partial charge in [-0.05, 0) is 56.7 Å². The van der Waals surface area contributed by atoms with Crippen LogP contribution in [0.4, 0.5) is 10.5 Å². The summed E-state index contributed by atoms with van der Waals surface area (Å²) < 4.78 is 5.36. The minimum absolute atomic E-state index is 0.111. The molecule has 1 saturated carbocycles. The predicted molar refractivity (Wildman–Crippen MR) is 68.3 cm³/mol. The van der Waals surface area contributed by atoms with Crippen molar-refractivity contribution in [3.05, 3.63) is 29.3 Å². The van der Waals surface area contributed by atoms with E-state index in [1.165, 1.54) is 12.8 Å². The number of aryl methyl sites for hydroxylation is 2. The third-order valence-electron chi connectivity index (χ3n) is 3.21. The van der Waals surface area contributed by atoms with Crippen LogP contribution >= 0.6 is 0 Å². The van der Waals surface area contributed by atoms with Crippen molar-refractivity contribution in [1.82, 2.24) is 0 Å². The van der Waals surface area contributed by atoms with E-state index in [1.54, 1.807) is 0 Å². The normalized spacial score (nSPS) is 15.9. The minimum Gasteiger partial charge on any atom is -0.446 e. The topological polar surface area (TPSA) is 38.3 Å². The molecule has 0 aromatic heterocycles. The second kappa shape index (κ2) is 5.21. The summed E-state index contributed by atoms with van der Waals surface area (Å²) >= 11 is 0. The highest BCUT2D eigenvalue weighted by Crippen LogP contribution is 2.22. The summed E-state index contributed by atoms with van der Waals surface area (Å²) in [5.74, 6) is 0. The van der Waals surface area contributed by atoms with Gasteiger partial charge in [-0.15, -0.1) is 0 Å². The van der Waals surface area contributed by atoms with Crippen molar-refractivity contribution in [2.24, 2.45) is 0 Å². The SMILES string of the molecule is Cc1ccc(C)c(NC(=O)OC2CCCC2)c1. The highest BCUT2D eigenvalue weighted by molar-refractivity contribution is 5.85. The van der Waals surface area contributed by atoms with Gasteiger partial charge in [-0.25, -0.2) is 4.79 Å². The summed E-state index contributed by atoms with van der Waals surface area (Å²) in [7, 11) is 0. The van der Waals surface area contributed by atoms with Gasteiger partial charge >= 0.3 is 6.09 Å². The first-order valence-corrected chi connectivity index (χ1v) is 6.20. The Balaban J connectivity index is 1.95. The zero-order chi connectivity index (χ0) is 12.3. The van der Waals surface area contributed by atoms with Crippen molar-refractivity contribution in [3.8, 4) is 0 Å². The van der Waals surface area contributed by atoms with E-state index >= 15 is 0 Å². The van der Waals surface area contributed by atoms with E-state index in [2.05, 4.69) is 5.32 Å². The van der Waals surface area contributed by atoms with E-state index in [0.29, 0.717) is 0 Å². The average Bonchev–Trinajstić information content (AvgIpc) is 2.76. The number of rotatable bonds is 2. The number of nitrogens with one attached hydrogen (secondary N) is 1. The van der Waals surface area contributed by atoms with E-state index in [0.717, 1.165) is 29.7 Å². The number of carbonyl (C=O) groups is 1. The lowest BCUT2D eigenvalue weighted by Gasteiger charge is -2.13. The number of ether oxygens (including phenoxy) is 1. The van der Waals surface area contributed by atoms with E-state index in [4.69, 9.17) is 4.74 Å². The lowest BCUT2D eigenvalue weighted by atomic mass is 10.1. The lowest BCUT2D eigenvalue weighted by Crippen LogP contribution is -2.20. The molecule has 2 rings (SSSR count). The molecular formula is C14H19NO2. The van der Waals surface area contributed by atoms with Crippen LogP contribution in [0.5, 0.6) is 0 Å². The number of anilines is 1. The average molecular weight is 233 g/mol. The Bertz CT molecular complexity index is 409. The molecule has 1 N–H and O–H groups in total. The summed E-state index contributed by atoms with van der Waals surface area (Å²) in [5, 5.41) is 2.82. The van der Waals surface area contributed by atoms with E-state index in [9.17, 15) is 4.79 Å². The maximum absolute atomic E-state index is 11.7. The Morgan fingerprint density at radius 3 is 2.71 bits per heavy atom. The monoisotopic (exact) mass is 233 g/mol. The second-order valence-corrected chi connectivity index (χ2v) is 4.76. The maximum atomic E-state index is 11.7. The number of hydrogen-bond acceptors (Lipinski definition) is 2. The van der Waals surface area contributed by atoms with Gasteiger partial charge in [0.25, 0.3) is 0 Å². The van der Waals surface area contributed by atoms with E-state index < -0.39 is 0 Å². The molecule has 0 atom stereocenters. The molecule has 1 aliphatic rings. The first-order chi connectivity index (χ1) is 8.15. The van der Waals surface area contributed by atoms with Crippen LogP contribution < -0.4 is 5.32 Å². The summed E-state index contributed by atoms with van der Waals surface area (Å²) in [6, 6.07) is 5.99. The molecule has 1 aromatic carbocycles. The van der Waals surface area contributed by atoms with Crippen LogP contribution in [0.3, 0.4) is 0 Å². The molecule has 3 heteroatoms. The zero-order valence-electron chi connectivity index (χ0n) is 10.5. The molecule has 3 nitrogen and oxygen atoms in total. The minimum atomic E-state index is -0.328. The molecule has 92 valence electrons. The van der Waals surface area contributed by atoms with Crippen molar-refractivity contribution >= 4 is 11.8 Å². The Labute approximate surface area is 102 Å². The van der Waals surface area contributed by atoms with Gasteiger partial charge in [-0.3, -0.25) is 5.32 Å². The van der Waals surface area contributed by atoms with Gasteiger partial charge in [0, 0.05) is 5.69 Å². The summed E-state index contributed by atoms with van der Waals surface area (Å²) in [6.45, 7) is 3.98. The molecule has 0 unspecified atom stereocenters. The van der Waals surface area contributed by atoms with Crippen molar-refractivity contribution in [1.29, 1.82) is 0 Å². The van der Waals surface area contributed by atoms with Crippen LogP contribution in [-0.4, -0.2) is 12.2 Å². The largest absolute Gasteiger partial charge is 0.446 e. The summed E-state index contributed by atoms with van der Waals surface area (Å²) in [6.07, 6.45) is 4.12. The van der Waals surface area contributed by atoms with Crippen LogP contribution in [0.15, 0.2) is 18.2 Å². The zero-order valence-corrected chi connectivity index (χ0v) is 10.5. The van der Waals surface area contributed by atoms with Crippen LogP contribution in [-0.2, 0) is 4.74 Å². The number of carbonyl (C=O) groups excluding carboxylic acids is 1. The third-order valence-corrected chi connectivity index (χ3v) is 3.21. The van der Waals surface area contributed by atoms with Crippen molar-refractivity contribution in [2.75, 3.05) is 5.32 Å². The van der Waals surface area contributed by atoms with Crippen LogP contribution in [0.2, 0.25) is 0 Å². The Morgan fingerprint density at radius 2 is 2.00 bits per heavy atom. The highest BCUT2D eigenvalue weighted by atomic mass is 16.6. The van der Waals surface area contributed by atoms with Gasteiger partial charge in [0.2, 0.25) is 0 Å². The van der Waals surface area contributed by atoms with Gasteiger partial charge in [-0.1, -0.05) is 12.1 Å². The second-order valence-electron chi connectivity index (χ2n) is 4.76. The third kappa shape index (κ3) is 3.22. The van der Waals surface area contributed by atoms with Crippen molar-refractivity contribution in [2.45, 2.75) is 45.6 Å². The fourth-order valence-electron chi connectivity index (χ4n) is 2.17. The first kappa shape index (κ1) is 12.0. The standard InChI is InChI=1S/C14H19NO2/c1-10-7-8-11(2)13(9-10)15-14(16)17-12-5-3-4-6-12/h7-9,12H,3-6H2,1-2H3,(H,15,16). The molecule has 0 heterocycles. The molecular weight excluding hydrogens is 214 g/mol. The van der Waals surface area contributed by atoms with E-state index in [-0.39, 0.29) is 12.2 Å². The molecule has 0 radical (unpaired) electrons. The van der Waals surface area contributed by atoms with Crippen LogP contribution in [0, 0.1) is 13.8 Å². The fourth-order valence-corrected chi connectivity index (χ4v) is 2.17. The highest BCUT2D eigenvalue weighted by Gasteiger charge is 2.19. The molecule has 1 aromatic rings. The van der Waals surface area contributed by atoms with Gasteiger partial charge < -0.3 is 4.74 Å². The van der Waals surface area contributed by atoms with Crippen molar-refractivity contribution in [3.63, 3.8) is 0 Å². The van der Waals surface area contributed by atoms with Gasteiger partial charge in [0.15, 0.2) is 0 Å². The Morgan fingerprint density at radius 1 is 1.29 bits per heavy atom. The predicted octanol–water partition coefficient (Wildman–Crippen LogP) is 3.79. The molecule has 0 aliphatic heterocycles. The molecule has 1 aliphatic carbocycles. The van der Waals surface area contributed by atoms with Crippen LogP contribution in [0.25, 0.3) is 0 Å².